The van der Waals surface area contributed by atoms with Crippen molar-refractivity contribution in [2.75, 3.05) is 10.6 Å². The number of aromatic nitrogens is 3. The molecule has 0 bridgehead atoms. The molecule has 0 saturated heterocycles. The summed E-state index contributed by atoms with van der Waals surface area (Å²) in [6.45, 7) is 1.37. The van der Waals surface area contributed by atoms with Crippen molar-refractivity contribution in [3.63, 3.8) is 0 Å². The number of amides is 1. The number of pyridine rings is 3. The minimum Gasteiger partial charge on any atom is -0.325 e. The number of hydrogen-bond acceptors (Lipinski definition) is 6. The molecular formula is C19H14F3N5O2. The predicted octanol–water partition coefficient (Wildman–Crippen LogP) is 4.09. The maximum absolute atomic E-state index is 12.6. The molecule has 0 aliphatic rings. The Morgan fingerprint density at radius 3 is 2.41 bits per heavy atom. The molecule has 0 spiro atoms. The first-order chi connectivity index (χ1) is 13.7. The van der Waals surface area contributed by atoms with Crippen LogP contribution in [0.1, 0.15) is 33.2 Å². The zero-order valence-electron chi connectivity index (χ0n) is 15.0. The average Bonchev–Trinajstić information content (AvgIpc) is 2.68. The molecule has 0 atom stereocenters. The van der Waals surface area contributed by atoms with Gasteiger partial charge in [0.15, 0.2) is 5.78 Å². The van der Waals surface area contributed by atoms with Crippen LogP contribution in [0.2, 0.25) is 0 Å². The molecule has 2 N–H and O–H groups in total. The van der Waals surface area contributed by atoms with Crippen LogP contribution in [0.4, 0.5) is 30.5 Å². The highest BCUT2D eigenvalue weighted by Crippen LogP contribution is 2.29. The van der Waals surface area contributed by atoms with Gasteiger partial charge in [-0.2, -0.15) is 13.2 Å². The van der Waals surface area contributed by atoms with E-state index in [1.807, 2.05) is 0 Å². The maximum atomic E-state index is 12.6. The van der Waals surface area contributed by atoms with E-state index in [4.69, 9.17) is 0 Å². The second-order valence-corrected chi connectivity index (χ2v) is 5.92. The summed E-state index contributed by atoms with van der Waals surface area (Å²) in [5, 5.41) is 5.34. The number of Topliss-reactive ketones (excluding diaryl/α,β-unsaturated/α-hetero) is 1. The lowest BCUT2D eigenvalue weighted by Gasteiger charge is -2.10. The van der Waals surface area contributed by atoms with Crippen LogP contribution in [0.25, 0.3) is 0 Å². The van der Waals surface area contributed by atoms with Crippen molar-refractivity contribution in [3.05, 3.63) is 71.8 Å². The Labute approximate surface area is 163 Å². The Bertz CT molecular complexity index is 1050. The summed E-state index contributed by atoms with van der Waals surface area (Å²) in [6, 6.07) is 6.39. The van der Waals surface area contributed by atoms with Crippen molar-refractivity contribution in [2.24, 2.45) is 0 Å². The van der Waals surface area contributed by atoms with E-state index in [1.54, 1.807) is 0 Å². The predicted molar refractivity (Wildman–Crippen MR) is 99.0 cm³/mol. The van der Waals surface area contributed by atoms with Gasteiger partial charge in [0.25, 0.3) is 5.91 Å². The minimum absolute atomic E-state index is 0.134. The molecule has 10 heteroatoms. The highest BCUT2D eigenvalue weighted by molar-refractivity contribution is 6.09. The van der Waals surface area contributed by atoms with Crippen molar-refractivity contribution in [2.45, 2.75) is 13.1 Å². The lowest BCUT2D eigenvalue weighted by molar-refractivity contribution is -0.137. The van der Waals surface area contributed by atoms with Crippen LogP contribution >= 0.6 is 0 Å². The highest BCUT2D eigenvalue weighted by Gasteiger charge is 2.30. The van der Waals surface area contributed by atoms with Crippen molar-refractivity contribution < 1.29 is 22.8 Å². The lowest BCUT2D eigenvalue weighted by Crippen LogP contribution is -2.15. The van der Waals surface area contributed by atoms with Gasteiger partial charge in [0.1, 0.15) is 11.6 Å². The van der Waals surface area contributed by atoms with Crippen LogP contribution < -0.4 is 10.6 Å². The van der Waals surface area contributed by atoms with Gasteiger partial charge in [-0.15, -0.1) is 0 Å². The van der Waals surface area contributed by atoms with Gasteiger partial charge in [0.05, 0.1) is 17.4 Å². The average molecular weight is 401 g/mol. The van der Waals surface area contributed by atoms with Crippen LogP contribution in [0.3, 0.4) is 0 Å². The van der Waals surface area contributed by atoms with Crippen molar-refractivity contribution >= 4 is 29.0 Å². The Morgan fingerprint density at radius 1 is 0.966 bits per heavy atom. The summed E-state index contributed by atoms with van der Waals surface area (Å²) in [7, 11) is 0. The third-order valence-corrected chi connectivity index (χ3v) is 3.82. The molecular weight excluding hydrogens is 387 g/mol. The van der Waals surface area contributed by atoms with Crippen molar-refractivity contribution in [3.8, 4) is 0 Å². The largest absolute Gasteiger partial charge is 0.417 e. The Kier molecular flexibility index (Phi) is 5.53. The summed E-state index contributed by atoms with van der Waals surface area (Å²) < 4.78 is 37.8. The molecule has 0 saturated carbocycles. The molecule has 0 fully saturated rings. The molecule has 0 radical (unpaired) electrons. The monoisotopic (exact) mass is 401 g/mol. The minimum atomic E-state index is -4.48. The van der Waals surface area contributed by atoms with Gasteiger partial charge in [0, 0.05) is 29.7 Å². The molecule has 3 heterocycles. The maximum Gasteiger partial charge on any atom is 0.417 e. The fourth-order valence-corrected chi connectivity index (χ4v) is 2.40. The number of ketones is 1. The number of carbonyl (C=O) groups excluding carboxylic acids is 2. The first kappa shape index (κ1) is 19.9. The van der Waals surface area contributed by atoms with E-state index in [0.717, 1.165) is 12.1 Å². The summed E-state index contributed by atoms with van der Waals surface area (Å²) in [6.07, 6.45) is 0.382. The Morgan fingerprint density at radius 2 is 1.76 bits per heavy atom. The molecule has 7 nitrogen and oxygen atoms in total. The molecule has 0 aliphatic heterocycles. The number of carbonyl (C=O) groups is 2. The standard InChI is InChI=1S/C19H14F3N5O2/c1-11(28)14-5-6-23-10-15(14)26-18(29)12-4-7-24-17(8-12)27-16-3-2-13(9-25-16)19(20,21)22/h2-10H,1H3,(H,26,29)(H,24,25,27). The number of alkyl halides is 3. The van der Waals surface area contributed by atoms with E-state index in [2.05, 4.69) is 25.6 Å². The first-order valence-electron chi connectivity index (χ1n) is 8.26. The number of halogens is 3. The van der Waals surface area contributed by atoms with Gasteiger partial charge in [-0.25, -0.2) is 9.97 Å². The second kappa shape index (κ2) is 8.05. The SMILES string of the molecule is CC(=O)c1ccncc1NC(=O)c1ccnc(Nc2ccc(C(F)(F)F)cn2)c1. The zero-order valence-corrected chi connectivity index (χ0v) is 15.0. The van der Waals surface area contributed by atoms with Crippen molar-refractivity contribution in [1.82, 2.24) is 15.0 Å². The van der Waals surface area contributed by atoms with E-state index >= 15 is 0 Å². The Balaban J connectivity index is 1.76. The molecule has 29 heavy (non-hydrogen) atoms. The smallest absolute Gasteiger partial charge is 0.325 e. The summed E-state index contributed by atoms with van der Waals surface area (Å²) in [4.78, 5) is 35.8. The molecule has 3 rings (SSSR count). The molecule has 3 aromatic heterocycles. The van der Waals surface area contributed by atoms with E-state index < -0.39 is 17.6 Å². The van der Waals surface area contributed by atoms with Crippen LogP contribution in [0, 0.1) is 0 Å². The van der Waals surface area contributed by atoms with E-state index in [9.17, 15) is 22.8 Å². The number of rotatable bonds is 5. The third kappa shape index (κ3) is 4.92. The third-order valence-electron chi connectivity index (χ3n) is 3.82. The van der Waals surface area contributed by atoms with Crippen LogP contribution in [-0.2, 0) is 6.18 Å². The van der Waals surface area contributed by atoms with Crippen LogP contribution in [0.15, 0.2) is 55.1 Å². The first-order valence-corrected chi connectivity index (χ1v) is 8.26. The van der Waals surface area contributed by atoms with Crippen LogP contribution in [0.5, 0.6) is 0 Å². The molecule has 1 amide bonds. The summed E-state index contributed by atoms with van der Waals surface area (Å²) >= 11 is 0. The van der Waals surface area contributed by atoms with Gasteiger partial charge < -0.3 is 10.6 Å². The fourth-order valence-electron chi connectivity index (χ4n) is 2.40. The lowest BCUT2D eigenvalue weighted by atomic mass is 10.1. The van der Waals surface area contributed by atoms with Gasteiger partial charge in [-0.3, -0.25) is 14.6 Å². The Hall–Kier alpha value is -3.82. The van der Waals surface area contributed by atoms with E-state index in [0.29, 0.717) is 11.8 Å². The molecule has 3 aromatic rings. The van der Waals surface area contributed by atoms with E-state index in [-0.39, 0.29) is 28.7 Å². The van der Waals surface area contributed by atoms with Gasteiger partial charge in [-0.05, 0) is 37.3 Å². The molecule has 0 aromatic carbocycles. The molecule has 148 valence electrons. The zero-order chi connectivity index (χ0) is 21.0. The highest BCUT2D eigenvalue weighted by atomic mass is 19.4. The number of nitrogens with zero attached hydrogens (tertiary/aromatic N) is 3. The van der Waals surface area contributed by atoms with Crippen LogP contribution in [-0.4, -0.2) is 26.6 Å². The van der Waals surface area contributed by atoms with E-state index in [1.165, 1.54) is 43.7 Å². The van der Waals surface area contributed by atoms with Crippen molar-refractivity contribution in [1.29, 1.82) is 0 Å². The summed E-state index contributed by atoms with van der Waals surface area (Å²) in [5.74, 6) is -0.392. The quantitative estimate of drug-likeness (QED) is 0.625. The number of nitrogens with one attached hydrogen (secondary N) is 2. The molecule has 0 aliphatic carbocycles. The number of hydrogen-bond donors (Lipinski definition) is 2. The normalized spacial score (nSPS) is 11.0. The summed E-state index contributed by atoms with van der Waals surface area (Å²) in [5.41, 5.74) is -0.0786. The fraction of sp³-hybridized carbons (Fsp3) is 0.105. The van der Waals surface area contributed by atoms with Gasteiger partial charge in [-0.1, -0.05) is 0 Å². The second-order valence-electron chi connectivity index (χ2n) is 5.92. The molecule has 0 unspecified atom stereocenters. The number of anilines is 3. The topological polar surface area (TPSA) is 96.9 Å². The van der Waals surface area contributed by atoms with Gasteiger partial charge >= 0.3 is 6.18 Å². The van der Waals surface area contributed by atoms with Gasteiger partial charge in [0.2, 0.25) is 0 Å².